The predicted octanol–water partition coefficient (Wildman–Crippen LogP) is 4.10. The first-order valence-electron chi connectivity index (χ1n) is 12.1. The summed E-state index contributed by atoms with van der Waals surface area (Å²) in [6.07, 6.45) is 4.39. The summed E-state index contributed by atoms with van der Waals surface area (Å²) in [5.41, 5.74) is 0.588. The van der Waals surface area contributed by atoms with Crippen LogP contribution in [0.4, 0.5) is 24.9 Å². The summed E-state index contributed by atoms with van der Waals surface area (Å²) >= 11 is 0. The number of anilines is 2. The molecule has 13 heteroatoms. The van der Waals surface area contributed by atoms with Crippen molar-refractivity contribution in [2.45, 2.75) is 52.1 Å². The molecule has 0 bridgehead atoms. The van der Waals surface area contributed by atoms with Gasteiger partial charge in [-0.05, 0) is 25.2 Å². The standard InChI is InChI=1S/C22H25F2N7O2.C2H6FN/c1-12-6-7-30(11-12)20-15-10-25-17(26-13(2)32)8-16(15)31(29-20)18-9-19(33-14-4-5-14)28-21(27-18)22(3,23)24;1-4(2)3/h8-10,12,14H,4-7,11H2,1-3H3,(H,25,26,32);1-2H3/t12-;/m0./s1. The van der Waals surface area contributed by atoms with Crippen LogP contribution in [0.5, 0.6) is 5.88 Å². The van der Waals surface area contributed by atoms with Crippen LogP contribution in [0.2, 0.25) is 0 Å². The number of halogens is 3. The van der Waals surface area contributed by atoms with Crippen molar-refractivity contribution in [2.24, 2.45) is 5.92 Å². The number of hydrogen-bond acceptors (Lipinski definition) is 8. The number of carbonyl (C=O) groups is 1. The van der Waals surface area contributed by atoms with Crippen molar-refractivity contribution in [1.29, 1.82) is 0 Å². The minimum atomic E-state index is -3.25. The molecule has 1 amide bonds. The highest BCUT2D eigenvalue weighted by Gasteiger charge is 2.32. The molecule has 1 atom stereocenters. The lowest BCUT2D eigenvalue weighted by Crippen LogP contribution is -2.20. The third-order valence-electron chi connectivity index (χ3n) is 5.68. The highest BCUT2D eigenvalue weighted by atomic mass is 19.3. The van der Waals surface area contributed by atoms with Gasteiger partial charge in [-0.2, -0.15) is 18.9 Å². The SMILES string of the molecule is CC(=O)Nc1cc2c(cn1)c(N1CC[C@H](C)C1)nn2-c1cc(OC2CC2)nc(C(C)(F)F)n1.CN(C)F. The molecule has 3 aromatic rings. The molecular weight excluding hydrogens is 489 g/mol. The van der Waals surface area contributed by atoms with Gasteiger partial charge in [0.05, 0.1) is 10.9 Å². The fourth-order valence-electron chi connectivity index (χ4n) is 3.91. The summed E-state index contributed by atoms with van der Waals surface area (Å²) in [5.74, 6) is -2.35. The van der Waals surface area contributed by atoms with Gasteiger partial charge in [-0.15, -0.1) is 9.58 Å². The van der Waals surface area contributed by atoms with E-state index in [1.54, 1.807) is 12.3 Å². The van der Waals surface area contributed by atoms with E-state index in [4.69, 9.17) is 9.84 Å². The molecule has 1 aliphatic carbocycles. The minimum Gasteiger partial charge on any atom is -0.474 e. The van der Waals surface area contributed by atoms with E-state index < -0.39 is 11.7 Å². The summed E-state index contributed by atoms with van der Waals surface area (Å²) in [4.78, 5) is 26.1. The summed E-state index contributed by atoms with van der Waals surface area (Å²) in [6.45, 7) is 5.98. The van der Waals surface area contributed by atoms with E-state index in [0.29, 0.717) is 28.2 Å². The molecule has 2 fully saturated rings. The van der Waals surface area contributed by atoms with Crippen molar-refractivity contribution >= 4 is 28.4 Å². The molecule has 37 heavy (non-hydrogen) atoms. The van der Waals surface area contributed by atoms with E-state index >= 15 is 0 Å². The van der Waals surface area contributed by atoms with Crippen molar-refractivity contribution in [3.63, 3.8) is 0 Å². The number of ether oxygens (including phenoxy) is 1. The van der Waals surface area contributed by atoms with Crippen LogP contribution in [0.1, 0.15) is 45.9 Å². The van der Waals surface area contributed by atoms with Gasteiger partial charge in [0.25, 0.3) is 0 Å². The zero-order valence-electron chi connectivity index (χ0n) is 21.5. The molecule has 2 aliphatic rings. The monoisotopic (exact) mass is 520 g/mol. The third-order valence-corrected chi connectivity index (χ3v) is 5.68. The lowest BCUT2D eigenvalue weighted by molar-refractivity contribution is -0.114. The number of hydrogen-bond donors (Lipinski definition) is 1. The van der Waals surface area contributed by atoms with E-state index in [1.165, 1.54) is 31.8 Å². The number of aromatic nitrogens is 5. The maximum atomic E-state index is 14.2. The Bertz CT molecular complexity index is 1270. The lowest BCUT2D eigenvalue weighted by atomic mass is 10.2. The molecule has 5 rings (SSSR count). The summed E-state index contributed by atoms with van der Waals surface area (Å²) < 4.78 is 46.5. The largest absolute Gasteiger partial charge is 0.474 e. The fraction of sp³-hybridized carbons (Fsp3) is 0.542. The number of pyridine rings is 1. The molecule has 0 radical (unpaired) electrons. The quantitative estimate of drug-likeness (QED) is 0.485. The van der Waals surface area contributed by atoms with Crippen LogP contribution in [0.15, 0.2) is 18.3 Å². The molecule has 1 saturated carbocycles. The van der Waals surface area contributed by atoms with Crippen molar-refractivity contribution in [1.82, 2.24) is 29.9 Å². The molecule has 1 saturated heterocycles. The second kappa shape index (κ2) is 10.5. The number of amides is 1. The van der Waals surface area contributed by atoms with Gasteiger partial charge < -0.3 is 15.0 Å². The van der Waals surface area contributed by atoms with Crippen LogP contribution in [-0.2, 0) is 10.7 Å². The topological polar surface area (TPSA) is 101 Å². The van der Waals surface area contributed by atoms with Crippen LogP contribution in [-0.4, -0.2) is 69.1 Å². The van der Waals surface area contributed by atoms with Crippen LogP contribution in [0.3, 0.4) is 0 Å². The Kier molecular flexibility index (Phi) is 7.53. The number of carbonyl (C=O) groups excluding carboxylic acids is 1. The molecular formula is C24H31F3N8O2. The number of rotatable bonds is 6. The maximum absolute atomic E-state index is 14.2. The summed E-state index contributed by atoms with van der Waals surface area (Å²) in [6, 6.07) is 3.19. The number of fused-ring (bicyclic) bond motifs is 1. The van der Waals surface area contributed by atoms with Crippen molar-refractivity contribution in [3.8, 4) is 11.7 Å². The van der Waals surface area contributed by atoms with Gasteiger partial charge in [-0.25, -0.2) is 14.6 Å². The Balaban J connectivity index is 0.000000747. The Morgan fingerprint density at radius 1 is 1.22 bits per heavy atom. The van der Waals surface area contributed by atoms with Gasteiger partial charge in [0, 0.05) is 59.4 Å². The Morgan fingerprint density at radius 2 is 1.92 bits per heavy atom. The van der Waals surface area contributed by atoms with Crippen LogP contribution in [0, 0.1) is 5.92 Å². The highest BCUT2D eigenvalue weighted by Crippen LogP contribution is 2.34. The highest BCUT2D eigenvalue weighted by molar-refractivity contribution is 5.95. The molecule has 1 aliphatic heterocycles. The van der Waals surface area contributed by atoms with E-state index in [-0.39, 0.29) is 23.7 Å². The van der Waals surface area contributed by atoms with E-state index in [9.17, 15) is 18.1 Å². The van der Waals surface area contributed by atoms with Crippen molar-refractivity contribution in [2.75, 3.05) is 37.4 Å². The molecule has 0 unspecified atom stereocenters. The van der Waals surface area contributed by atoms with Crippen LogP contribution >= 0.6 is 0 Å². The molecule has 1 N–H and O–H groups in total. The predicted molar refractivity (Wildman–Crippen MR) is 133 cm³/mol. The van der Waals surface area contributed by atoms with Gasteiger partial charge in [0.1, 0.15) is 11.9 Å². The maximum Gasteiger partial charge on any atom is 0.304 e. The molecule has 4 heterocycles. The fourth-order valence-corrected chi connectivity index (χ4v) is 3.91. The van der Waals surface area contributed by atoms with Crippen molar-refractivity contribution < 1.29 is 22.8 Å². The number of nitrogens with zero attached hydrogens (tertiary/aromatic N) is 7. The van der Waals surface area contributed by atoms with E-state index in [0.717, 1.165) is 44.7 Å². The van der Waals surface area contributed by atoms with Crippen LogP contribution < -0.4 is 15.0 Å². The zero-order valence-corrected chi connectivity index (χ0v) is 21.5. The first-order chi connectivity index (χ1) is 17.4. The van der Waals surface area contributed by atoms with Crippen LogP contribution in [0.25, 0.3) is 16.7 Å². The zero-order chi connectivity index (χ0) is 26.9. The molecule has 3 aromatic heterocycles. The average Bonchev–Trinajstić information content (AvgIpc) is 3.36. The van der Waals surface area contributed by atoms with Gasteiger partial charge in [-0.3, -0.25) is 4.79 Å². The van der Waals surface area contributed by atoms with Gasteiger partial charge in [0.15, 0.2) is 11.6 Å². The first-order valence-corrected chi connectivity index (χ1v) is 12.1. The smallest absolute Gasteiger partial charge is 0.304 e. The normalized spacial score (nSPS) is 17.6. The second-order valence-electron chi connectivity index (χ2n) is 9.72. The molecule has 200 valence electrons. The molecule has 0 aromatic carbocycles. The minimum absolute atomic E-state index is 0.0161. The molecule has 10 nitrogen and oxygen atoms in total. The lowest BCUT2D eigenvalue weighted by Gasteiger charge is -2.15. The van der Waals surface area contributed by atoms with Gasteiger partial charge in [0.2, 0.25) is 17.6 Å². The van der Waals surface area contributed by atoms with Gasteiger partial charge >= 0.3 is 5.92 Å². The summed E-state index contributed by atoms with van der Waals surface area (Å²) in [5, 5.41) is 8.66. The second-order valence-corrected chi connectivity index (χ2v) is 9.72. The van der Waals surface area contributed by atoms with E-state index in [2.05, 4.69) is 32.1 Å². The Morgan fingerprint density at radius 3 is 2.49 bits per heavy atom. The third kappa shape index (κ3) is 6.64. The van der Waals surface area contributed by atoms with Crippen molar-refractivity contribution in [3.05, 3.63) is 24.2 Å². The van der Waals surface area contributed by atoms with E-state index in [1.807, 2.05) is 0 Å². The average molecular weight is 521 g/mol. The Labute approximate surface area is 212 Å². The molecule has 0 spiro atoms. The summed E-state index contributed by atoms with van der Waals surface area (Å²) in [7, 11) is 2.67. The number of alkyl halides is 2. The first kappa shape index (κ1) is 26.6. The van der Waals surface area contributed by atoms with Gasteiger partial charge in [-0.1, -0.05) is 6.92 Å². The Hall–Kier alpha value is -3.48. The number of nitrogens with one attached hydrogen (secondary N) is 1.